The summed E-state index contributed by atoms with van der Waals surface area (Å²) < 4.78 is 55.8. The topological polar surface area (TPSA) is 340 Å². The van der Waals surface area contributed by atoms with E-state index >= 15 is 0 Å². The van der Waals surface area contributed by atoms with E-state index in [2.05, 4.69) is 25.9 Å². The number of phenolic OH excluding ortho intramolecular Hbond substituents is 2. The fourth-order valence-corrected chi connectivity index (χ4v) is 11.3. The second-order valence-electron chi connectivity index (χ2n) is 24.7. The minimum absolute atomic E-state index is 0.0282. The zero-order valence-corrected chi connectivity index (χ0v) is 56.3. The van der Waals surface area contributed by atoms with Crippen LogP contribution in [0.5, 0.6) is 23.0 Å². The number of amides is 7. The molecule has 9 rings (SSSR count). The number of hydrogen-bond acceptors (Lipinski definition) is 22. The van der Waals surface area contributed by atoms with E-state index in [0.29, 0.717) is 140 Å². The SMILES string of the molecule is CC(C)[C@H](NC(=O)CCOCCOCCOCCOCCOCCOCCOCCOCCNC(=O)CCN1C(=O)C=CC1=O)C(=O)C[C@@H](C)C(=O)Nc1ccc(C2=CN3C(=O)c4cc(O)c(OCCCOc5cc6c(cc5O)C(=O)N5C=C(C7CC7)C[C@H]5C=N6)cc4N=C[C@@H]3C2)cc1. The number of rotatable bonds is 45. The fraction of sp³-hybridized carbons (Fsp3) is 0.521. The number of imide groups is 1. The molecule has 0 unspecified atom stereocenters. The fourth-order valence-electron chi connectivity index (χ4n) is 11.3. The average Bonchev–Trinajstić information content (AvgIpc) is 1.66. The van der Waals surface area contributed by atoms with E-state index < -0.39 is 29.8 Å². The Hall–Kier alpha value is -8.74. The van der Waals surface area contributed by atoms with Gasteiger partial charge in [-0.2, -0.15) is 0 Å². The molecule has 1 fully saturated rings. The molecule has 0 aromatic heterocycles. The Bertz CT molecular complexity index is 3460. The van der Waals surface area contributed by atoms with Crippen LogP contribution in [0.3, 0.4) is 0 Å². The van der Waals surface area contributed by atoms with Crippen LogP contribution in [-0.2, 0) is 66.7 Å². The van der Waals surface area contributed by atoms with Crippen LogP contribution in [0.2, 0.25) is 0 Å². The predicted molar refractivity (Wildman–Crippen MR) is 361 cm³/mol. The molecule has 3 aromatic carbocycles. The maximum Gasteiger partial charge on any atom is 0.260 e. The Morgan fingerprint density at radius 3 is 1.57 bits per heavy atom. The number of hydrogen-bond donors (Lipinski definition) is 5. The normalized spacial score (nSPS) is 17.4. The number of anilines is 1. The molecule has 5 aliphatic heterocycles. The van der Waals surface area contributed by atoms with Gasteiger partial charge in [-0.25, -0.2) is 0 Å². The summed E-state index contributed by atoms with van der Waals surface area (Å²) in [5.74, 6) is -3.11. The molecule has 6 aliphatic rings. The van der Waals surface area contributed by atoms with Gasteiger partial charge >= 0.3 is 0 Å². The monoisotopic (exact) mass is 1370 g/mol. The van der Waals surface area contributed by atoms with Crippen molar-refractivity contribution in [3.05, 3.63) is 95.3 Å². The van der Waals surface area contributed by atoms with Gasteiger partial charge in [0.2, 0.25) is 17.7 Å². The van der Waals surface area contributed by atoms with Crippen LogP contribution in [-0.4, -0.2) is 235 Å². The largest absolute Gasteiger partial charge is 0.504 e. The maximum absolute atomic E-state index is 13.9. The first-order valence-corrected chi connectivity index (χ1v) is 33.8. The summed E-state index contributed by atoms with van der Waals surface area (Å²) in [6.07, 6.45) is 13.4. The van der Waals surface area contributed by atoms with E-state index in [1.165, 1.54) is 35.9 Å². The summed E-state index contributed by atoms with van der Waals surface area (Å²) in [6, 6.07) is 11.7. The minimum Gasteiger partial charge on any atom is -0.504 e. The summed E-state index contributed by atoms with van der Waals surface area (Å²) >= 11 is 0. The number of carbonyl (C=O) groups is 8. The van der Waals surface area contributed by atoms with E-state index in [9.17, 15) is 48.6 Å². The molecule has 4 atom stereocenters. The van der Waals surface area contributed by atoms with E-state index in [1.54, 1.807) is 53.6 Å². The highest BCUT2D eigenvalue weighted by Crippen LogP contribution is 2.45. The smallest absolute Gasteiger partial charge is 0.260 e. The second-order valence-corrected chi connectivity index (χ2v) is 24.7. The van der Waals surface area contributed by atoms with Crippen molar-refractivity contribution in [2.45, 2.75) is 90.3 Å². The highest BCUT2D eigenvalue weighted by molar-refractivity contribution is 6.13. The number of fused-ring (bicyclic) bond motifs is 4. The lowest BCUT2D eigenvalue weighted by molar-refractivity contribution is -0.137. The van der Waals surface area contributed by atoms with Crippen LogP contribution in [0, 0.1) is 17.8 Å². The number of nitrogens with zero attached hydrogens (tertiary/aromatic N) is 5. The molecule has 1 saturated carbocycles. The van der Waals surface area contributed by atoms with Gasteiger partial charge in [0.1, 0.15) is 0 Å². The number of aromatic hydroxyl groups is 2. The third-order valence-electron chi connectivity index (χ3n) is 16.9. The molecule has 5 heterocycles. The average molecular weight is 1380 g/mol. The highest BCUT2D eigenvalue weighted by Gasteiger charge is 2.39. The van der Waals surface area contributed by atoms with E-state index in [4.69, 9.17) is 47.4 Å². The summed E-state index contributed by atoms with van der Waals surface area (Å²) in [7, 11) is 0. The zero-order valence-electron chi connectivity index (χ0n) is 56.3. The number of carbonyl (C=O) groups excluding carboxylic acids is 8. The molecule has 1 aliphatic carbocycles. The van der Waals surface area contributed by atoms with Crippen molar-refractivity contribution in [3.63, 3.8) is 0 Å². The Balaban J connectivity index is 0.560. The van der Waals surface area contributed by atoms with Gasteiger partial charge in [0.15, 0.2) is 28.8 Å². The molecule has 7 amide bonds. The van der Waals surface area contributed by atoms with Gasteiger partial charge in [0.25, 0.3) is 23.6 Å². The second kappa shape index (κ2) is 38.0. The lowest BCUT2D eigenvalue weighted by Gasteiger charge is -2.23. The Labute approximate surface area is 575 Å². The van der Waals surface area contributed by atoms with Crippen molar-refractivity contribution in [2.75, 3.05) is 137 Å². The van der Waals surface area contributed by atoms with Crippen molar-refractivity contribution in [3.8, 4) is 23.0 Å². The minimum atomic E-state index is -0.796. The lowest BCUT2D eigenvalue weighted by atomic mass is 9.92. The molecular weight excluding hydrogens is 1280 g/mol. The number of aliphatic imine (C=N–C) groups is 2. The number of nitrogens with one attached hydrogen (secondary N) is 3. The summed E-state index contributed by atoms with van der Waals surface area (Å²) in [6.45, 7) is 11.6. The molecule has 28 nitrogen and oxygen atoms in total. The number of ketones is 1. The van der Waals surface area contributed by atoms with Gasteiger partial charge in [-0.05, 0) is 72.1 Å². The van der Waals surface area contributed by atoms with Crippen molar-refractivity contribution >= 4 is 82.2 Å². The van der Waals surface area contributed by atoms with Gasteiger partial charge in [-0.15, -0.1) is 0 Å². The Morgan fingerprint density at radius 2 is 1.06 bits per heavy atom. The first kappa shape index (κ1) is 74.5. The van der Waals surface area contributed by atoms with Gasteiger partial charge in [-0.1, -0.05) is 32.9 Å². The quantitative estimate of drug-likeness (QED) is 0.0331. The van der Waals surface area contributed by atoms with Crippen LogP contribution in [0.25, 0.3) is 5.57 Å². The summed E-state index contributed by atoms with van der Waals surface area (Å²) in [4.78, 5) is 116. The van der Waals surface area contributed by atoms with Crippen LogP contribution < -0.4 is 25.4 Å². The molecular formula is C71H90N8O20. The van der Waals surface area contributed by atoms with Crippen LogP contribution >= 0.6 is 0 Å². The first-order chi connectivity index (χ1) is 48.0. The van der Waals surface area contributed by atoms with Gasteiger partial charge in [-0.3, -0.25) is 53.2 Å². The number of phenols is 2. The van der Waals surface area contributed by atoms with Gasteiger partial charge in [0.05, 0.1) is 160 Å². The van der Waals surface area contributed by atoms with Crippen LogP contribution in [0.1, 0.15) is 98.4 Å². The zero-order chi connectivity index (χ0) is 70.0. The Morgan fingerprint density at radius 1 is 0.576 bits per heavy atom. The van der Waals surface area contributed by atoms with Crippen molar-refractivity contribution in [1.29, 1.82) is 0 Å². The highest BCUT2D eigenvalue weighted by atomic mass is 16.6. The van der Waals surface area contributed by atoms with Crippen molar-refractivity contribution in [2.24, 2.45) is 27.7 Å². The molecule has 99 heavy (non-hydrogen) atoms. The molecule has 0 spiro atoms. The third-order valence-corrected chi connectivity index (χ3v) is 16.9. The van der Waals surface area contributed by atoms with Crippen molar-refractivity contribution < 1.29 is 95.9 Å². The lowest BCUT2D eigenvalue weighted by Crippen LogP contribution is -2.45. The van der Waals surface area contributed by atoms with E-state index in [-0.39, 0.29) is 128 Å². The molecule has 28 heteroatoms. The molecule has 5 N–H and O–H groups in total. The van der Waals surface area contributed by atoms with Crippen LogP contribution in [0.4, 0.5) is 17.1 Å². The third kappa shape index (κ3) is 22.4. The molecule has 3 aromatic rings. The van der Waals surface area contributed by atoms with Crippen molar-refractivity contribution in [1.82, 2.24) is 25.3 Å². The van der Waals surface area contributed by atoms with Crippen LogP contribution in [0.15, 0.2) is 88.6 Å². The molecule has 0 bridgehead atoms. The summed E-state index contributed by atoms with van der Waals surface area (Å²) in [5, 5.41) is 30.2. The van der Waals surface area contributed by atoms with Gasteiger partial charge in [0, 0.05) is 106 Å². The number of Topliss-reactive ketones (excluding diaryl/α,β-unsaturated/α-hetero) is 1. The Kier molecular flexibility index (Phi) is 28.6. The molecule has 0 saturated heterocycles. The summed E-state index contributed by atoms with van der Waals surface area (Å²) in [5.41, 5.74) is 4.74. The molecule has 0 radical (unpaired) electrons. The number of benzene rings is 3. The van der Waals surface area contributed by atoms with Gasteiger partial charge < -0.3 is 83.3 Å². The standard InChI is InChI=1S/C71H90N8O20/c1-46(2)68(76-65(84)14-19-90-21-23-92-25-27-94-29-31-96-33-34-97-32-30-95-28-26-93-24-22-91-20-15-72-64(83)13-16-77-66(85)11-12-67(77)86)61(82)35-47(3)69(87)75-52-9-7-49(8-10-52)51-37-54-43-74-58-41-63(60(81)39-56(58)71(89)79(54)45-51)99-18-4-17-98-62-40-57-55(38-59(62)80)70(88)78-44-50(48-5-6-48)36-53(78)42-73-57/h7-12,38-48,53-54,68,80-81H,4-6,13-37H2,1-3H3,(H,72,83)(H,75,87)(H,76,84)/t47-,53+,54+,68+/m1/s1. The number of ether oxygens (including phenoxy) is 10. The van der Waals surface area contributed by atoms with E-state index in [0.717, 1.165) is 35.3 Å². The predicted octanol–water partition coefficient (Wildman–Crippen LogP) is 5.77. The molecule has 534 valence electrons. The first-order valence-electron chi connectivity index (χ1n) is 33.8. The van der Waals surface area contributed by atoms with E-state index in [1.807, 2.05) is 32.2 Å². The maximum atomic E-state index is 13.9.